The molecule has 3 rings (SSSR count). The van der Waals surface area contributed by atoms with Crippen molar-refractivity contribution in [3.05, 3.63) is 35.0 Å². The van der Waals surface area contributed by atoms with E-state index in [1.807, 2.05) is 43.4 Å². The van der Waals surface area contributed by atoms with E-state index in [1.54, 1.807) is 6.20 Å². The topological polar surface area (TPSA) is 55.6 Å². The molecular weight excluding hydrogens is 228 g/mol. The fourth-order valence-electron chi connectivity index (χ4n) is 2.01. The maximum absolute atomic E-state index is 4.29. The van der Waals surface area contributed by atoms with E-state index in [4.69, 9.17) is 0 Å². The number of hydrogen-bond donors (Lipinski definition) is 1. The number of azo groups is 1. The van der Waals surface area contributed by atoms with Crippen LogP contribution in [-0.4, -0.2) is 25.7 Å². The zero-order valence-corrected chi connectivity index (χ0v) is 10.3. The maximum atomic E-state index is 4.29. The molecule has 0 unspecified atom stereocenters. The summed E-state index contributed by atoms with van der Waals surface area (Å²) in [5, 5.41) is 16.5. The van der Waals surface area contributed by atoms with Crippen molar-refractivity contribution in [1.29, 1.82) is 0 Å². The Balaban J connectivity index is 2.16. The highest BCUT2D eigenvalue weighted by molar-refractivity contribution is 5.69. The second-order valence-electron chi connectivity index (χ2n) is 4.46. The van der Waals surface area contributed by atoms with Gasteiger partial charge in [-0.3, -0.25) is 9.91 Å². The number of nitrogens with one attached hydrogen (secondary N) is 1. The van der Waals surface area contributed by atoms with E-state index in [2.05, 4.69) is 25.8 Å². The lowest BCUT2D eigenvalue weighted by Crippen LogP contribution is -2.39. The first kappa shape index (κ1) is 10.9. The quantitative estimate of drug-likeness (QED) is 0.819. The lowest BCUT2D eigenvalue weighted by atomic mass is 10.2. The Morgan fingerprint density at radius 3 is 3.06 bits per heavy atom. The summed E-state index contributed by atoms with van der Waals surface area (Å²) in [7, 11) is 4.02. The number of hydrazine groups is 1. The van der Waals surface area contributed by atoms with Crippen molar-refractivity contribution in [1.82, 2.24) is 10.4 Å². The molecule has 0 bridgehead atoms. The summed E-state index contributed by atoms with van der Waals surface area (Å²) in [6.45, 7) is 0.718. The van der Waals surface area contributed by atoms with Crippen molar-refractivity contribution >= 4 is 17.5 Å². The Labute approximate surface area is 105 Å². The minimum absolute atomic E-state index is 0.718. The van der Waals surface area contributed by atoms with Crippen molar-refractivity contribution < 1.29 is 0 Å². The van der Waals surface area contributed by atoms with E-state index in [9.17, 15) is 0 Å². The molecule has 2 aliphatic rings. The summed E-state index contributed by atoms with van der Waals surface area (Å²) in [4.78, 5) is 2.06. The van der Waals surface area contributed by atoms with E-state index >= 15 is 0 Å². The van der Waals surface area contributed by atoms with Crippen LogP contribution in [0, 0.1) is 0 Å². The second-order valence-corrected chi connectivity index (χ2v) is 4.46. The standard InChI is InChI=1S/C12H14N6/c1-17(2)8-18-12-10(14-16-18)6-5-9-4-3-7-13-15-11(9)12/h3-7,16H,8H2,1-2H3. The summed E-state index contributed by atoms with van der Waals surface area (Å²) < 4.78 is 0. The first-order valence-corrected chi connectivity index (χ1v) is 5.72. The van der Waals surface area contributed by atoms with E-state index in [0.717, 1.165) is 28.6 Å². The average Bonchev–Trinajstić information content (AvgIpc) is 2.60. The van der Waals surface area contributed by atoms with Crippen molar-refractivity contribution in [2.45, 2.75) is 0 Å². The van der Waals surface area contributed by atoms with Gasteiger partial charge in [-0.2, -0.15) is 10.2 Å². The molecule has 0 aliphatic carbocycles. The second kappa shape index (κ2) is 4.23. The van der Waals surface area contributed by atoms with E-state index < -0.39 is 0 Å². The molecule has 1 N–H and O–H groups in total. The minimum Gasteiger partial charge on any atom is -0.291 e. The van der Waals surface area contributed by atoms with Crippen LogP contribution in [0.25, 0.3) is 6.08 Å². The van der Waals surface area contributed by atoms with Crippen LogP contribution in [0.1, 0.15) is 0 Å². The summed E-state index contributed by atoms with van der Waals surface area (Å²) in [6, 6.07) is 4.00. The molecule has 0 amide bonds. The van der Waals surface area contributed by atoms with Crippen molar-refractivity contribution in [2.75, 3.05) is 25.8 Å². The number of rotatable bonds is 2. The minimum atomic E-state index is 0.718. The number of fused-ring (bicyclic) bond motifs is 3. The first-order valence-electron chi connectivity index (χ1n) is 5.72. The molecule has 2 heterocycles. The Morgan fingerprint density at radius 2 is 2.22 bits per heavy atom. The molecular formula is C12H14N6. The van der Waals surface area contributed by atoms with Gasteiger partial charge in [0.15, 0.2) is 0 Å². The van der Waals surface area contributed by atoms with Gasteiger partial charge in [0.1, 0.15) is 16.7 Å². The van der Waals surface area contributed by atoms with Crippen molar-refractivity contribution in [2.24, 2.45) is 15.3 Å². The summed E-state index contributed by atoms with van der Waals surface area (Å²) in [5.41, 5.74) is 4.84. The van der Waals surface area contributed by atoms with Crippen molar-refractivity contribution in [3.8, 4) is 0 Å². The third kappa shape index (κ3) is 1.76. The van der Waals surface area contributed by atoms with Crippen LogP contribution in [0.2, 0.25) is 0 Å². The zero-order chi connectivity index (χ0) is 12.5. The molecule has 2 aliphatic heterocycles. The molecule has 6 heteroatoms. The van der Waals surface area contributed by atoms with Gasteiger partial charge in [-0.05, 0) is 26.2 Å². The van der Waals surface area contributed by atoms with Gasteiger partial charge < -0.3 is 0 Å². The van der Waals surface area contributed by atoms with Gasteiger partial charge in [0.05, 0.1) is 6.67 Å². The molecule has 0 radical (unpaired) electrons. The predicted molar refractivity (Wildman–Crippen MR) is 69.5 cm³/mol. The Bertz CT molecular complexity index is 643. The van der Waals surface area contributed by atoms with E-state index in [-0.39, 0.29) is 0 Å². The van der Waals surface area contributed by atoms with Crippen LogP contribution in [0.5, 0.6) is 0 Å². The van der Waals surface area contributed by atoms with Gasteiger partial charge in [0.2, 0.25) is 0 Å². The van der Waals surface area contributed by atoms with Crippen LogP contribution in [-0.2, 0) is 0 Å². The molecule has 0 spiro atoms. The van der Waals surface area contributed by atoms with Crippen LogP contribution in [0.3, 0.4) is 0 Å². The lowest BCUT2D eigenvalue weighted by molar-refractivity contribution is 0.386. The zero-order valence-electron chi connectivity index (χ0n) is 10.3. The van der Waals surface area contributed by atoms with Crippen molar-refractivity contribution in [3.63, 3.8) is 0 Å². The van der Waals surface area contributed by atoms with Gasteiger partial charge >= 0.3 is 0 Å². The molecule has 0 saturated heterocycles. The van der Waals surface area contributed by atoms with Crippen LogP contribution >= 0.6 is 0 Å². The van der Waals surface area contributed by atoms with Gasteiger partial charge in [0.25, 0.3) is 0 Å². The molecule has 1 aromatic carbocycles. The summed E-state index contributed by atoms with van der Waals surface area (Å²) in [5.74, 6) is 0. The van der Waals surface area contributed by atoms with Gasteiger partial charge in [-0.1, -0.05) is 12.1 Å². The molecule has 1 aromatic rings. The third-order valence-electron chi connectivity index (χ3n) is 2.73. The third-order valence-corrected chi connectivity index (χ3v) is 2.73. The van der Waals surface area contributed by atoms with Crippen LogP contribution < -0.4 is 21.1 Å². The molecule has 18 heavy (non-hydrogen) atoms. The number of allylic oxidation sites excluding steroid dienone is 1. The number of nitrogens with zero attached hydrogens (tertiary/aromatic N) is 5. The smallest absolute Gasteiger partial charge is 0.120 e. The van der Waals surface area contributed by atoms with E-state index in [1.165, 1.54) is 0 Å². The Hall–Kier alpha value is -2.21. The monoisotopic (exact) mass is 242 g/mol. The predicted octanol–water partition coefficient (Wildman–Crippen LogP) is 0.456. The maximum Gasteiger partial charge on any atom is 0.120 e. The van der Waals surface area contributed by atoms with Gasteiger partial charge in [-0.25, -0.2) is 5.53 Å². The molecule has 0 fully saturated rings. The Kier molecular flexibility index (Phi) is 2.56. The fraction of sp³-hybridized carbons (Fsp3) is 0.250. The molecule has 0 aromatic heterocycles. The van der Waals surface area contributed by atoms with Crippen LogP contribution in [0.15, 0.2) is 39.7 Å². The Morgan fingerprint density at radius 1 is 1.33 bits per heavy atom. The molecule has 6 nitrogen and oxygen atoms in total. The van der Waals surface area contributed by atoms with Gasteiger partial charge in [-0.15, -0.1) is 5.11 Å². The number of hydrogen-bond acceptors (Lipinski definition) is 6. The fourth-order valence-corrected chi connectivity index (χ4v) is 2.01. The summed E-state index contributed by atoms with van der Waals surface area (Å²) in [6.07, 6.45) is 5.57. The normalized spacial score (nSPS) is 15.6. The highest BCUT2D eigenvalue weighted by atomic mass is 15.7. The number of benzene rings is 1. The van der Waals surface area contributed by atoms with E-state index in [0.29, 0.717) is 0 Å². The van der Waals surface area contributed by atoms with Crippen LogP contribution in [0.4, 0.5) is 11.4 Å². The highest BCUT2D eigenvalue weighted by Gasteiger charge is 2.20. The lowest BCUT2D eigenvalue weighted by Gasteiger charge is -2.23. The molecule has 0 saturated carbocycles. The first-order chi connectivity index (χ1) is 8.75. The summed E-state index contributed by atoms with van der Waals surface area (Å²) >= 11 is 0. The molecule has 0 atom stereocenters. The highest BCUT2D eigenvalue weighted by Crippen LogP contribution is 2.23. The number of anilines is 1. The average molecular weight is 242 g/mol. The largest absolute Gasteiger partial charge is 0.291 e. The molecule has 92 valence electrons. The SMILES string of the molecule is CN(C)CN1NN=c2ccc3c(c21)N=NC=CC=3. The van der Waals surface area contributed by atoms with Gasteiger partial charge in [0, 0.05) is 11.4 Å².